The molecule has 1 heterocycles. The molecule has 0 aliphatic carbocycles. The van der Waals surface area contributed by atoms with Crippen LogP contribution in [0.3, 0.4) is 0 Å². The number of piperidine rings is 1. The SMILES string of the molecule is COCC(CO)NC1CCCNC1. The molecule has 4 nitrogen and oxygen atoms in total. The quantitative estimate of drug-likeness (QED) is 0.536. The minimum absolute atomic E-state index is 0.0786. The van der Waals surface area contributed by atoms with Crippen LogP contribution in [0.2, 0.25) is 0 Å². The summed E-state index contributed by atoms with van der Waals surface area (Å²) >= 11 is 0. The first kappa shape index (κ1) is 10.9. The van der Waals surface area contributed by atoms with E-state index >= 15 is 0 Å². The maximum atomic E-state index is 9.02. The maximum Gasteiger partial charge on any atom is 0.0638 e. The molecule has 1 fully saturated rings. The molecule has 0 amide bonds. The van der Waals surface area contributed by atoms with Crippen LogP contribution in [-0.2, 0) is 4.74 Å². The summed E-state index contributed by atoms with van der Waals surface area (Å²) in [5.41, 5.74) is 0. The summed E-state index contributed by atoms with van der Waals surface area (Å²) in [5.74, 6) is 0. The van der Waals surface area contributed by atoms with Crippen molar-refractivity contribution in [2.45, 2.75) is 24.9 Å². The fraction of sp³-hybridized carbons (Fsp3) is 1.00. The highest BCUT2D eigenvalue weighted by atomic mass is 16.5. The second kappa shape index (κ2) is 6.32. The third kappa shape index (κ3) is 4.04. The zero-order chi connectivity index (χ0) is 9.52. The number of aliphatic hydroxyl groups is 1. The summed E-state index contributed by atoms with van der Waals surface area (Å²) < 4.78 is 4.99. The van der Waals surface area contributed by atoms with E-state index < -0.39 is 0 Å². The molecule has 1 saturated heterocycles. The van der Waals surface area contributed by atoms with Gasteiger partial charge in [0.1, 0.15) is 0 Å². The molecule has 13 heavy (non-hydrogen) atoms. The van der Waals surface area contributed by atoms with E-state index in [-0.39, 0.29) is 12.6 Å². The molecule has 78 valence electrons. The van der Waals surface area contributed by atoms with Gasteiger partial charge in [-0.3, -0.25) is 0 Å². The van der Waals surface area contributed by atoms with Gasteiger partial charge in [0, 0.05) is 19.7 Å². The molecule has 0 radical (unpaired) electrons. The lowest BCUT2D eigenvalue weighted by Gasteiger charge is -2.27. The lowest BCUT2D eigenvalue weighted by Crippen LogP contribution is -2.50. The third-order valence-electron chi connectivity index (χ3n) is 2.36. The second-order valence-electron chi connectivity index (χ2n) is 3.54. The van der Waals surface area contributed by atoms with Crippen molar-refractivity contribution in [2.75, 3.05) is 33.4 Å². The van der Waals surface area contributed by atoms with Crippen LogP contribution in [0.1, 0.15) is 12.8 Å². The van der Waals surface area contributed by atoms with Crippen molar-refractivity contribution in [3.05, 3.63) is 0 Å². The van der Waals surface area contributed by atoms with E-state index in [0.29, 0.717) is 12.6 Å². The summed E-state index contributed by atoms with van der Waals surface area (Å²) in [6.45, 7) is 2.84. The Bertz CT molecular complexity index is 124. The number of hydrogen-bond acceptors (Lipinski definition) is 4. The average Bonchev–Trinajstić information content (AvgIpc) is 2.19. The van der Waals surface area contributed by atoms with Crippen LogP contribution in [-0.4, -0.2) is 50.6 Å². The lowest BCUT2D eigenvalue weighted by atomic mass is 10.1. The van der Waals surface area contributed by atoms with Crippen molar-refractivity contribution >= 4 is 0 Å². The first-order valence-corrected chi connectivity index (χ1v) is 4.93. The number of aliphatic hydroxyl groups excluding tert-OH is 1. The minimum atomic E-state index is 0.0786. The van der Waals surface area contributed by atoms with Gasteiger partial charge in [-0.15, -0.1) is 0 Å². The lowest BCUT2D eigenvalue weighted by molar-refractivity contribution is 0.119. The van der Waals surface area contributed by atoms with Crippen molar-refractivity contribution in [3.63, 3.8) is 0 Å². The Kier molecular flexibility index (Phi) is 5.31. The largest absolute Gasteiger partial charge is 0.395 e. The van der Waals surface area contributed by atoms with E-state index in [1.807, 2.05) is 0 Å². The molecule has 0 saturated carbocycles. The van der Waals surface area contributed by atoms with Crippen LogP contribution in [0.5, 0.6) is 0 Å². The fourth-order valence-electron chi connectivity index (χ4n) is 1.68. The predicted molar refractivity (Wildman–Crippen MR) is 51.8 cm³/mol. The molecule has 1 aliphatic rings. The molecule has 2 unspecified atom stereocenters. The first-order chi connectivity index (χ1) is 6.36. The second-order valence-corrected chi connectivity index (χ2v) is 3.54. The van der Waals surface area contributed by atoms with Gasteiger partial charge in [-0.05, 0) is 19.4 Å². The van der Waals surface area contributed by atoms with Crippen LogP contribution in [0.4, 0.5) is 0 Å². The highest BCUT2D eigenvalue weighted by Gasteiger charge is 2.16. The van der Waals surface area contributed by atoms with Gasteiger partial charge >= 0.3 is 0 Å². The Labute approximate surface area is 79.7 Å². The van der Waals surface area contributed by atoms with E-state index in [1.165, 1.54) is 12.8 Å². The predicted octanol–water partition coefficient (Wildman–Crippen LogP) is -0.665. The summed E-state index contributed by atoms with van der Waals surface area (Å²) in [7, 11) is 1.66. The molecule has 0 aromatic heterocycles. The summed E-state index contributed by atoms with van der Waals surface area (Å²) in [6, 6.07) is 0.566. The highest BCUT2D eigenvalue weighted by molar-refractivity contribution is 4.78. The van der Waals surface area contributed by atoms with E-state index in [0.717, 1.165) is 13.1 Å². The van der Waals surface area contributed by atoms with Gasteiger partial charge < -0.3 is 20.5 Å². The topological polar surface area (TPSA) is 53.5 Å². The molecule has 4 heteroatoms. The Balaban J connectivity index is 2.18. The minimum Gasteiger partial charge on any atom is -0.395 e. The van der Waals surface area contributed by atoms with Crippen LogP contribution < -0.4 is 10.6 Å². The Morgan fingerprint density at radius 1 is 1.69 bits per heavy atom. The monoisotopic (exact) mass is 188 g/mol. The standard InChI is InChI=1S/C9H20N2O2/c1-13-7-9(6-12)11-8-3-2-4-10-5-8/h8-12H,2-7H2,1H3. The van der Waals surface area contributed by atoms with Crippen LogP contribution >= 0.6 is 0 Å². The van der Waals surface area contributed by atoms with Gasteiger partial charge in [0.05, 0.1) is 19.3 Å². The van der Waals surface area contributed by atoms with Gasteiger partial charge in [-0.25, -0.2) is 0 Å². The van der Waals surface area contributed by atoms with E-state index in [1.54, 1.807) is 7.11 Å². The van der Waals surface area contributed by atoms with Crippen molar-refractivity contribution in [2.24, 2.45) is 0 Å². The number of rotatable bonds is 5. The van der Waals surface area contributed by atoms with E-state index in [4.69, 9.17) is 9.84 Å². The van der Waals surface area contributed by atoms with Gasteiger partial charge in [-0.1, -0.05) is 0 Å². The molecule has 2 atom stereocenters. The van der Waals surface area contributed by atoms with Gasteiger partial charge in [0.2, 0.25) is 0 Å². The third-order valence-corrected chi connectivity index (χ3v) is 2.36. The van der Waals surface area contributed by atoms with E-state index in [9.17, 15) is 0 Å². The molecule has 3 N–H and O–H groups in total. The van der Waals surface area contributed by atoms with Crippen LogP contribution in [0.25, 0.3) is 0 Å². The van der Waals surface area contributed by atoms with Crippen molar-refractivity contribution in [1.82, 2.24) is 10.6 Å². The zero-order valence-electron chi connectivity index (χ0n) is 8.25. The fourth-order valence-corrected chi connectivity index (χ4v) is 1.68. The molecule has 1 rings (SSSR count). The Morgan fingerprint density at radius 3 is 3.08 bits per heavy atom. The van der Waals surface area contributed by atoms with Gasteiger partial charge in [0.25, 0.3) is 0 Å². The van der Waals surface area contributed by atoms with Crippen molar-refractivity contribution < 1.29 is 9.84 Å². The Morgan fingerprint density at radius 2 is 2.54 bits per heavy atom. The van der Waals surface area contributed by atoms with Gasteiger partial charge in [0.15, 0.2) is 0 Å². The summed E-state index contributed by atoms with van der Waals surface area (Å²) in [6.07, 6.45) is 2.40. The number of ether oxygens (including phenoxy) is 1. The molecule has 1 aliphatic heterocycles. The molecular formula is C9H20N2O2. The van der Waals surface area contributed by atoms with Crippen molar-refractivity contribution in [1.29, 1.82) is 0 Å². The Hall–Kier alpha value is -0.160. The van der Waals surface area contributed by atoms with Crippen LogP contribution in [0, 0.1) is 0 Å². The number of nitrogens with one attached hydrogen (secondary N) is 2. The van der Waals surface area contributed by atoms with Gasteiger partial charge in [-0.2, -0.15) is 0 Å². The van der Waals surface area contributed by atoms with Crippen molar-refractivity contribution in [3.8, 4) is 0 Å². The molecule has 0 bridgehead atoms. The summed E-state index contributed by atoms with van der Waals surface area (Å²) in [4.78, 5) is 0. The normalized spacial score (nSPS) is 25.8. The highest BCUT2D eigenvalue weighted by Crippen LogP contribution is 2.02. The summed E-state index contributed by atoms with van der Waals surface area (Å²) in [5, 5.41) is 15.7. The smallest absolute Gasteiger partial charge is 0.0638 e. The maximum absolute atomic E-state index is 9.02. The average molecular weight is 188 g/mol. The van der Waals surface area contributed by atoms with Crippen LogP contribution in [0.15, 0.2) is 0 Å². The zero-order valence-corrected chi connectivity index (χ0v) is 8.25. The molecule has 0 spiro atoms. The molecule has 0 aromatic carbocycles. The number of hydrogen-bond donors (Lipinski definition) is 3. The van der Waals surface area contributed by atoms with E-state index in [2.05, 4.69) is 10.6 Å². The molecular weight excluding hydrogens is 168 g/mol. The number of methoxy groups -OCH3 is 1. The molecule has 0 aromatic rings. The first-order valence-electron chi connectivity index (χ1n) is 4.93.